The summed E-state index contributed by atoms with van der Waals surface area (Å²) in [5, 5.41) is 8.52. The zero-order valence-electron chi connectivity index (χ0n) is 8.23. The third-order valence-corrected chi connectivity index (χ3v) is 1.44. The van der Waals surface area contributed by atoms with Crippen LogP contribution < -0.4 is 0 Å². The van der Waals surface area contributed by atoms with E-state index in [9.17, 15) is 0 Å². The van der Waals surface area contributed by atoms with Crippen LogP contribution in [0.5, 0.6) is 0 Å². The van der Waals surface area contributed by atoms with E-state index in [2.05, 4.69) is 17.9 Å². The molecule has 14 heavy (non-hydrogen) atoms. The Balaban J connectivity index is 0.000000292. The molecule has 0 saturated carbocycles. The summed E-state index contributed by atoms with van der Waals surface area (Å²) in [6, 6.07) is 9.95. The van der Waals surface area contributed by atoms with E-state index >= 15 is 0 Å². The minimum Gasteiger partial charge on any atom is -0.474 e. The zero-order chi connectivity index (χ0) is 10.6. The van der Waals surface area contributed by atoms with Gasteiger partial charge in [0.1, 0.15) is 0 Å². The molecule has 0 aliphatic heterocycles. The van der Waals surface area contributed by atoms with Crippen molar-refractivity contribution in [3.63, 3.8) is 0 Å². The number of hydrogen-bond donors (Lipinski definition) is 1. The monoisotopic (exact) mass is 192 g/mol. The van der Waals surface area contributed by atoms with Crippen LogP contribution in [0.15, 0.2) is 56.0 Å². The highest BCUT2D eigenvalue weighted by Crippen LogP contribution is 1.97. The molecule has 1 aromatic rings. The summed E-state index contributed by atoms with van der Waals surface area (Å²) in [7, 11) is 0. The highest BCUT2D eigenvalue weighted by Gasteiger charge is 1.85. The fourth-order valence-corrected chi connectivity index (χ4v) is 0.842. The number of aliphatic hydroxyl groups excluding tert-OH is 1. The van der Waals surface area contributed by atoms with Crippen LogP contribution in [-0.2, 0) is 11.2 Å². The molecule has 0 radical (unpaired) electrons. The van der Waals surface area contributed by atoms with Crippen molar-refractivity contribution in [3.8, 4) is 0 Å². The van der Waals surface area contributed by atoms with E-state index in [0.29, 0.717) is 0 Å². The normalized spacial score (nSPS) is 8.07. The van der Waals surface area contributed by atoms with Crippen molar-refractivity contribution in [1.82, 2.24) is 0 Å². The molecule has 1 aromatic carbocycles. The van der Waals surface area contributed by atoms with Crippen LogP contribution in [0.3, 0.4) is 0 Å². The fraction of sp³-hybridized carbons (Fsp3) is 0.167. The Morgan fingerprint density at radius 1 is 1.14 bits per heavy atom. The van der Waals surface area contributed by atoms with Gasteiger partial charge in [-0.25, -0.2) is 0 Å². The van der Waals surface area contributed by atoms with Crippen LogP contribution in [0, 0.1) is 0 Å². The van der Waals surface area contributed by atoms with Crippen molar-refractivity contribution in [3.05, 3.63) is 61.6 Å². The summed E-state index contributed by atoms with van der Waals surface area (Å²) < 4.78 is 4.36. The number of hydrogen-bond acceptors (Lipinski definition) is 2. The van der Waals surface area contributed by atoms with Crippen LogP contribution in [-0.4, -0.2) is 11.7 Å². The van der Waals surface area contributed by atoms with Crippen molar-refractivity contribution < 1.29 is 9.84 Å². The third kappa shape index (κ3) is 7.13. The first-order chi connectivity index (χ1) is 6.85. The maximum atomic E-state index is 8.52. The van der Waals surface area contributed by atoms with E-state index < -0.39 is 0 Å². The topological polar surface area (TPSA) is 29.5 Å². The van der Waals surface area contributed by atoms with Crippen LogP contribution in [0.1, 0.15) is 5.56 Å². The molecule has 76 valence electrons. The van der Waals surface area contributed by atoms with Crippen molar-refractivity contribution in [2.45, 2.75) is 6.42 Å². The number of benzene rings is 1. The van der Waals surface area contributed by atoms with Gasteiger partial charge in [-0.1, -0.05) is 43.5 Å². The molecular weight excluding hydrogens is 176 g/mol. The Bertz CT molecular complexity index is 236. The molecule has 2 nitrogen and oxygen atoms in total. The number of rotatable bonds is 4. The average molecular weight is 192 g/mol. The van der Waals surface area contributed by atoms with E-state index in [1.807, 2.05) is 30.3 Å². The van der Waals surface area contributed by atoms with Crippen molar-refractivity contribution in [1.29, 1.82) is 0 Å². The highest BCUT2D eigenvalue weighted by atomic mass is 16.5. The van der Waals surface area contributed by atoms with Gasteiger partial charge in [-0.15, -0.1) is 0 Å². The minimum atomic E-state index is 0.240. The molecule has 0 saturated heterocycles. The van der Waals surface area contributed by atoms with Crippen LogP contribution in [0.25, 0.3) is 0 Å². The smallest absolute Gasteiger partial charge is 0.0829 e. The molecule has 0 spiro atoms. The van der Waals surface area contributed by atoms with Crippen molar-refractivity contribution in [2.24, 2.45) is 0 Å². The molecule has 0 aliphatic carbocycles. The largest absolute Gasteiger partial charge is 0.474 e. The molecule has 0 heterocycles. The van der Waals surface area contributed by atoms with Gasteiger partial charge >= 0.3 is 0 Å². The summed E-state index contributed by atoms with van der Waals surface area (Å²) in [5.74, 6) is 0. The Morgan fingerprint density at radius 2 is 1.71 bits per heavy atom. The maximum absolute atomic E-state index is 8.52. The van der Waals surface area contributed by atoms with Gasteiger partial charge in [0, 0.05) is 6.61 Å². The van der Waals surface area contributed by atoms with Gasteiger partial charge in [0.15, 0.2) is 0 Å². The minimum absolute atomic E-state index is 0.240. The second kappa shape index (κ2) is 9.55. The summed E-state index contributed by atoms with van der Waals surface area (Å²) in [6.07, 6.45) is 3.39. The lowest BCUT2D eigenvalue weighted by molar-refractivity contribution is 0.299. The molecule has 0 fully saturated rings. The lowest BCUT2D eigenvalue weighted by atomic mass is 10.2. The zero-order valence-corrected chi connectivity index (χ0v) is 8.23. The van der Waals surface area contributed by atoms with Gasteiger partial charge in [-0.3, -0.25) is 0 Å². The predicted molar refractivity (Wildman–Crippen MR) is 58.7 cm³/mol. The fourth-order valence-electron chi connectivity index (χ4n) is 0.842. The van der Waals surface area contributed by atoms with Crippen molar-refractivity contribution in [2.75, 3.05) is 6.61 Å². The summed E-state index contributed by atoms with van der Waals surface area (Å²) in [6.45, 7) is 6.75. The Labute approximate surface area is 85.2 Å². The second-order valence-electron chi connectivity index (χ2n) is 2.43. The van der Waals surface area contributed by atoms with Gasteiger partial charge in [-0.2, -0.15) is 0 Å². The summed E-state index contributed by atoms with van der Waals surface area (Å²) >= 11 is 0. The van der Waals surface area contributed by atoms with Crippen molar-refractivity contribution >= 4 is 0 Å². The van der Waals surface area contributed by atoms with E-state index in [-0.39, 0.29) is 6.61 Å². The van der Waals surface area contributed by atoms with Crippen LogP contribution in [0.4, 0.5) is 0 Å². The first-order valence-corrected chi connectivity index (χ1v) is 4.37. The standard InChI is InChI=1S/C8H10O.C4H6O/c9-7-6-8-4-2-1-3-5-8;1-3-5-4-2/h1-5,9H,6-7H2;3-4H,1-2H2. The molecule has 0 aromatic heterocycles. The van der Waals surface area contributed by atoms with Gasteiger partial charge in [-0.05, 0) is 12.0 Å². The molecule has 0 aliphatic rings. The van der Waals surface area contributed by atoms with E-state index in [0.717, 1.165) is 6.42 Å². The first-order valence-electron chi connectivity index (χ1n) is 4.37. The van der Waals surface area contributed by atoms with Gasteiger partial charge in [0.2, 0.25) is 0 Å². The molecule has 0 amide bonds. The quantitative estimate of drug-likeness (QED) is 0.743. The Kier molecular flexibility index (Phi) is 8.50. The third-order valence-electron chi connectivity index (χ3n) is 1.44. The van der Waals surface area contributed by atoms with Gasteiger partial charge in [0.05, 0.1) is 12.5 Å². The molecular formula is C12H16O2. The van der Waals surface area contributed by atoms with E-state index in [4.69, 9.17) is 5.11 Å². The lowest BCUT2D eigenvalue weighted by Crippen LogP contribution is -1.88. The van der Waals surface area contributed by atoms with Gasteiger partial charge < -0.3 is 9.84 Å². The van der Waals surface area contributed by atoms with E-state index in [1.54, 1.807) is 0 Å². The predicted octanol–water partition coefficient (Wildman–Crippen LogP) is 2.51. The Hall–Kier alpha value is -1.54. The average Bonchev–Trinajstić information content (AvgIpc) is 2.22. The Morgan fingerprint density at radius 3 is 2.07 bits per heavy atom. The molecule has 0 unspecified atom stereocenters. The second-order valence-corrected chi connectivity index (χ2v) is 2.43. The van der Waals surface area contributed by atoms with E-state index in [1.165, 1.54) is 18.1 Å². The summed E-state index contributed by atoms with van der Waals surface area (Å²) in [5.41, 5.74) is 1.19. The lowest BCUT2D eigenvalue weighted by Gasteiger charge is -1.93. The summed E-state index contributed by atoms with van der Waals surface area (Å²) in [4.78, 5) is 0. The SMILES string of the molecule is C=COC=C.OCCc1ccccc1. The molecule has 0 atom stereocenters. The first kappa shape index (κ1) is 12.5. The van der Waals surface area contributed by atoms with Crippen LogP contribution in [0.2, 0.25) is 0 Å². The molecule has 2 heteroatoms. The molecule has 1 rings (SSSR count). The molecule has 0 bridgehead atoms. The number of aliphatic hydroxyl groups is 1. The maximum Gasteiger partial charge on any atom is 0.0829 e. The number of ether oxygens (including phenoxy) is 1. The highest BCUT2D eigenvalue weighted by molar-refractivity contribution is 5.14. The van der Waals surface area contributed by atoms with Crippen LogP contribution >= 0.6 is 0 Å². The molecule has 1 N–H and O–H groups in total. The van der Waals surface area contributed by atoms with Gasteiger partial charge in [0.25, 0.3) is 0 Å².